The molecule has 0 unspecified atom stereocenters. The Balaban J connectivity index is 2.01. The van der Waals surface area contributed by atoms with Crippen LogP contribution in [-0.2, 0) is 0 Å². The molecular weight excluding hydrogens is 282 g/mol. The largest absolute Gasteiger partial charge is 0.352 e. The Kier molecular flexibility index (Phi) is 5.08. The molecule has 0 aliphatic carbocycles. The molecule has 0 saturated heterocycles. The van der Waals surface area contributed by atoms with Crippen molar-refractivity contribution in [1.29, 1.82) is 0 Å². The van der Waals surface area contributed by atoms with E-state index in [2.05, 4.69) is 15.6 Å². The van der Waals surface area contributed by atoms with E-state index in [1.807, 2.05) is 6.92 Å². The molecule has 1 aromatic carbocycles. The molecule has 0 fully saturated rings. The highest BCUT2D eigenvalue weighted by atomic mass is 16.2. The normalized spacial score (nSPS) is 10.0. The van der Waals surface area contributed by atoms with Crippen LogP contribution in [0.1, 0.15) is 34.1 Å². The first-order valence-electron chi connectivity index (χ1n) is 6.98. The van der Waals surface area contributed by atoms with Crippen LogP contribution in [0.25, 0.3) is 0 Å². The maximum Gasteiger partial charge on any atom is 0.257 e. The van der Waals surface area contributed by atoms with Crippen LogP contribution in [0.2, 0.25) is 0 Å². The van der Waals surface area contributed by atoms with E-state index in [1.165, 1.54) is 18.3 Å². The summed E-state index contributed by atoms with van der Waals surface area (Å²) in [6.45, 7) is 2.61. The molecule has 6 nitrogen and oxygen atoms in total. The van der Waals surface area contributed by atoms with Gasteiger partial charge in [0.1, 0.15) is 0 Å². The van der Waals surface area contributed by atoms with Gasteiger partial charge in [-0.15, -0.1) is 0 Å². The number of anilines is 1. The van der Waals surface area contributed by atoms with E-state index in [9.17, 15) is 14.4 Å². The molecular formula is C16H17N3O3. The maximum absolute atomic E-state index is 12.0. The highest BCUT2D eigenvalue weighted by molar-refractivity contribution is 6.04. The SMILES string of the molecule is CCCNC(=O)c1ccc(NC(=O)c2ccc(=O)[nH]c2)cc1. The first kappa shape index (κ1) is 15.5. The summed E-state index contributed by atoms with van der Waals surface area (Å²) in [4.78, 5) is 37.1. The average Bonchev–Trinajstić information content (AvgIpc) is 2.54. The molecule has 0 aliphatic rings. The van der Waals surface area contributed by atoms with Crippen LogP contribution in [0.3, 0.4) is 0 Å². The molecule has 2 amide bonds. The molecule has 22 heavy (non-hydrogen) atoms. The number of H-pyrrole nitrogens is 1. The average molecular weight is 299 g/mol. The van der Waals surface area contributed by atoms with Crippen LogP contribution in [0.4, 0.5) is 5.69 Å². The Labute approximate surface area is 127 Å². The van der Waals surface area contributed by atoms with Crippen LogP contribution in [0.15, 0.2) is 47.4 Å². The van der Waals surface area contributed by atoms with E-state index < -0.39 is 0 Å². The molecule has 1 heterocycles. The van der Waals surface area contributed by atoms with Crippen molar-refractivity contribution >= 4 is 17.5 Å². The topological polar surface area (TPSA) is 91.1 Å². The van der Waals surface area contributed by atoms with Crippen LogP contribution >= 0.6 is 0 Å². The van der Waals surface area contributed by atoms with Gasteiger partial charge in [0.15, 0.2) is 0 Å². The van der Waals surface area contributed by atoms with Crippen molar-refractivity contribution in [3.05, 3.63) is 64.1 Å². The number of aromatic amines is 1. The van der Waals surface area contributed by atoms with Gasteiger partial charge < -0.3 is 15.6 Å². The summed E-state index contributed by atoms with van der Waals surface area (Å²) in [6.07, 6.45) is 2.23. The van der Waals surface area contributed by atoms with Gasteiger partial charge in [0.2, 0.25) is 5.56 Å². The maximum atomic E-state index is 12.0. The fourth-order valence-corrected chi connectivity index (χ4v) is 1.80. The summed E-state index contributed by atoms with van der Waals surface area (Å²) in [7, 11) is 0. The lowest BCUT2D eigenvalue weighted by atomic mass is 10.2. The lowest BCUT2D eigenvalue weighted by Crippen LogP contribution is -2.23. The van der Waals surface area contributed by atoms with E-state index in [0.29, 0.717) is 23.4 Å². The predicted octanol–water partition coefficient (Wildman–Crippen LogP) is 1.77. The highest BCUT2D eigenvalue weighted by Crippen LogP contribution is 2.11. The zero-order valence-electron chi connectivity index (χ0n) is 12.2. The number of carbonyl (C=O) groups excluding carboxylic acids is 2. The quantitative estimate of drug-likeness (QED) is 0.785. The van der Waals surface area contributed by atoms with Gasteiger partial charge in [-0.2, -0.15) is 0 Å². The number of nitrogens with one attached hydrogen (secondary N) is 3. The molecule has 0 atom stereocenters. The zero-order valence-corrected chi connectivity index (χ0v) is 12.2. The molecule has 0 bridgehead atoms. The number of aromatic nitrogens is 1. The molecule has 114 valence electrons. The molecule has 6 heteroatoms. The monoisotopic (exact) mass is 299 g/mol. The van der Waals surface area contributed by atoms with Crippen LogP contribution < -0.4 is 16.2 Å². The molecule has 3 N–H and O–H groups in total. The van der Waals surface area contributed by atoms with Gasteiger partial charge in [0.25, 0.3) is 11.8 Å². The number of amides is 2. The van der Waals surface area contributed by atoms with Gasteiger partial charge in [0, 0.05) is 30.1 Å². The highest BCUT2D eigenvalue weighted by Gasteiger charge is 2.07. The Morgan fingerprint density at radius 3 is 2.27 bits per heavy atom. The Bertz CT molecular complexity index is 700. The van der Waals surface area contributed by atoms with Crippen molar-refractivity contribution in [3.8, 4) is 0 Å². The summed E-state index contributed by atoms with van der Waals surface area (Å²) in [6, 6.07) is 9.34. The number of carbonyl (C=O) groups is 2. The minimum atomic E-state index is -0.334. The standard InChI is InChI=1S/C16H17N3O3/c1-2-9-17-15(21)11-3-6-13(7-4-11)19-16(22)12-5-8-14(20)18-10-12/h3-8,10H,2,9H2,1H3,(H,17,21)(H,18,20)(H,19,22). The van der Waals surface area contributed by atoms with Gasteiger partial charge in [-0.05, 0) is 36.8 Å². The first-order chi connectivity index (χ1) is 10.6. The van der Waals surface area contributed by atoms with E-state index >= 15 is 0 Å². The third-order valence-corrected chi connectivity index (χ3v) is 2.99. The van der Waals surface area contributed by atoms with Gasteiger partial charge in [0.05, 0.1) is 5.56 Å². The number of hydrogen-bond donors (Lipinski definition) is 3. The van der Waals surface area contributed by atoms with Crippen molar-refractivity contribution in [2.45, 2.75) is 13.3 Å². The fraction of sp³-hybridized carbons (Fsp3) is 0.188. The molecule has 2 aromatic rings. The van der Waals surface area contributed by atoms with Gasteiger partial charge in [-0.1, -0.05) is 6.92 Å². The lowest BCUT2D eigenvalue weighted by Gasteiger charge is -2.07. The van der Waals surface area contributed by atoms with E-state index in [-0.39, 0.29) is 17.4 Å². The molecule has 2 rings (SSSR count). The third kappa shape index (κ3) is 4.05. The fourth-order valence-electron chi connectivity index (χ4n) is 1.80. The number of hydrogen-bond acceptors (Lipinski definition) is 3. The summed E-state index contributed by atoms with van der Waals surface area (Å²) >= 11 is 0. The third-order valence-electron chi connectivity index (χ3n) is 2.99. The van der Waals surface area contributed by atoms with Crippen LogP contribution in [-0.4, -0.2) is 23.3 Å². The summed E-state index contributed by atoms with van der Waals surface area (Å²) in [5.74, 6) is -0.472. The van der Waals surface area contributed by atoms with E-state index in [1.54, 1.807) is 24.3 Å². The molecule has 0 spiro atoms. The van der Waals surface area contributed by atoms with Crippen LogP contribution in [0.5, 0.6) is 0 Å². The van der Waals surface area contributed by atoms with Gasteiger partial charge >= 0.3 is 0 Å². The van der Waals surface area contributed by atoms with Crippen molar-refractivity contribution in [3.63, 3.8) is 0 Å². The van der Waals surface area contributed by atoms with E-state index in [0.717, 1.165) is 6.42 Å². The molecule has 0 radical (unpaired) electrons. The second kappa shape index (κ2) is 7.21. The molecule has 1 aromatic heterocycles. The zero-order chi connectivity index (χ0) is 15.9. The van der Waals surface area contributed by atoms with Crippen LogP contribution in [0, 0.1) is 0 Å². The smallest absolute Gasteiger partial charge is 0.257 e. The summed E-state index contributed by atoms with van der Waals surface area (Å²) in [5, 5.41) is 5.47. The van der Waals surface area contributed by atoms with Gasteiger partial charge in [-0.3, -0.25) is 14.4 Å². The van der Waals surface area contributed by atoms with Crippen molar-refractivity contribution in [2.24, 2.45) is 0 Å². The molecule has 0 aliphatic heterocycles. The first-order valence-corrected chi connectivity index (χ1v) is 6.98. The molecule has 0 saturated carbocycles. The predicted molar refractivity (Wildman–Crippen MR) is 84.1 cm³/mol. The van der Waals surface area contributed by atoms with Crippen molar-refractivity contribution in [1.82, 2.24) is 10.3 Å². The number of rotatable bonds is 5. The van der Waals surface area contributed by atoms with E-state index in [4.69, 9.17) is 0 Å². The minimum Gasteiger partial charge on any atom is -0.352 e. The lowest BCUT2D eigenvalue weighted by molar-refractivity contribution is 0.0953. The Morgan fingerprint density at radius 1 is 1.00 bits per heavy atom. The summed E-state index contributed by atoms with van der Waals surface area (Å²) < 4.78 is 0. The number of pyridine rings is 1. The Hall–Kier alpha value is -2.89. The number of benzene rings is 1. The minimum absolute atomic E-state index is 0.139. The second-order valence-corrected chi connectivity index (χ2v) is 4.73. The Morgan fingerprint density at radius 2 is 1.68 bits per heavy atom. The van der Waals surface area contributed by atoms with Crippen molar-refractivity contribution < 1.29 is 9.59 Å². The summed E-state index contributed by atoms with van der Waals surface area (Å²) in [5.41, 5.74) is 1.20. The van der Waals surface area contributed by atoms with Crippen molar-refractivity contribution in [2.75, 3.05) is 11.9 Å². The second-order valence-electron chi connectivity index (χ2n) is 4.73. The van der Waals surface area contributed by atoms with Gasteiger partial charge in [-0.25, -0.2) is 0 Å².